The monoisotopic (exact) mass is 321 g/mol. The fourth-order valence-corrected chi connectivity index (χ4v) is 1.98. The number of aryl methyl sites for hydroxylation is 1. The molecule has 22 heavy (non-hydrogen) atoms. The number of nitrogens with zero attached hydrogens (tertiary/aromatic N) is 1. The average Bonchev–Trinajstić information content (AvgIpc) is 2.52. The van der Waals surface area contributed by atoms with Gasteiger partial charge in [0.25, 0.3) is 0 Å². The molecule has 0 fully saturated rings. The molecule has 2 aromatic rings. The third-order valence-electron chi connectivity index (χ3n) is 2.78. The minimum absolute atomic E-state index is 0.0312. The first-order chi connectivity index (χ1) is 10.6. The lowest BCUT2D eigenvalue weighted by Gasteiger charge is -2.18. The van der Waals surface area contributed by atoms with Gasteiger partial charge < -0.3 is 4.74 Å². The molecule has 0 heterocycles. The first-order valence-electron chi connectivity index (χ1n) is 6.43. The Kier molecular flexibility index (Phi) is 5.65. The smallest absolute Gasteiger partial charge is 0.440 e. The minimum atomic E-state index is -2.65. The van der Waals surface area contributed by atoms with Crippen LogP contribution in [0.4, 0.5) is 10.5 Å². The highest BCUT2D eigenvalue weighted by Crippen LogP contribution is 2.18. The molecule has 0 saturated heterocycles. The van der Waals surface area contributed by atoms with E-state index in [1.54, 1.807) is 36.4 Å². The van der Waals surface area contributed by atoms with Gasteiger partial charge in [0.1, 0.15) is 6.61 Å². The number of hydroxylamine groups is 1. The molecule has 1 N–H and O–H groups in total. The zero-order chi connectivity index (χ0) is 15.9. The number of amides is 1. The van der Waals surface area contributed by atoms with Gasteiger partial charge in [0.2, 0.25) is 0 Å². The predicted molar refractivity (Wildman–Crippen MR) is 82.1 cm³/mol. The van der Waals surface area contributed by atoms with Gasteiger partial charge in [-0.25, -0.2) is 4.79 Å². The maximum atomic E-state index is 12.1. The molecule has 0 saturated carbocycles. The van der Waals surface area contributed by atoms with E-state index in [0.29, 0.717) is 10.8 Å². The molecular weight excluding hydrogens is 306 g/mol. The lowest BCUT2D eigenvalue weighted by Crippen LogP contribution is -2.32. The number of carbonyl (C=O) groups is 1. The van der Waals surface area contributed by atoms with E-state index in [0.717, 1.165) is 11.1 Å². The molecule has 116 valence electrons. The zero-order valence-electron chi connectivity index (χ0n) is 11.8. The van der Waals surface area contributed by atoms with Gasteiger partial charge in [0.05, 0.1) is 5.69 Å². The van der Waals surface area contributed by atoms with E-state index in [1.165, 1.54) is 0 Å². The summed E-state index contributed by atoms with van der Waals surface area (Å²) in [5.41, 5.74) is 2.07. The molecule has 0 spiro atoms. The molecular formula is C15H15NO5S. The maximum Gasteiger partial charge on any atom is 0.440 e. The van der Waals surface area contributed by atoms with Crippen LogP contribution in [0.1, 0.15) is 11.1 Å². The van der Waals surface area contributed by atoms with Crippen molar-refractivity contribution in [2.45, 2.75) is 13.5 Å². The highest BCUT2D eigenvalue weighted by atomic mass is 32.2. The molecule has 0 aliphatic heterocycles. The summed E-state index contributed by atoms with van der Waals surface area (Å²) in [6.45, 7) is 1.91. The summed E-state index contributed by atoms with van der Waals surface area (Å²) >= 11 is -2.65. The van der Waals surface area contributed by atoms with Crippen LogP contribution >= 0.6 is 0 Å². The van der Waals surface area contributed by atoms with Crippen molar-refractivity contribution in [3.8, 4) is 0 Å². The van der Waals surface area contributed by atoms with Crippen LogP contribution in [0.5, 0.6) is 0 Å². The molecule has 6 nitrogen and oxygen atoms in total. The largest absolute Gasteiger partial charge is 0.443 e. The number of carbonyl (C=O) groups excluding carboxylic acids is 1. The van der Waals surface area contributed by atoms with E-state index >= 15 is 0 Å². The molecule has 0 bridgehead atoms. The Balaban J connectivity index is 2.09. The van der Waals surface area contributed by atoms with Crippen molar-refractivity contribution < 1.29 is 22.6 Å². The van der Waals surface area contributed by atoms with E-state index in [2.05, 4.69) is 4.28 Å². The standard InChI is InChI=1S/C15H15NO5S/c1-12-7-9-14(10-8-12)16(21-22(18)19)15(17)20-11-13-5-3-2-4-6-13/h2-10H,11H2,1H3,(H,18,19). The lowest BCUT2D eigenvalue weighted by molar-refractivity contribution is 0.121. The summed E-state index contributed by atoms with van der Waals surface area (Å²) in [5, 5.41) is 0.651. The molecule has 1 unspecified atom stereocenters. The molecule has 0 aliphatic carbocycles. The van der Waals surface area contributed by atoms with Gasteiger partial charge in [-0.05, 0) is 24.6 Å². The molecule has 1 atom stereocenters. The SMILES string of the molecule is Cc1ccc(N(OS(=O)O)C(=O)OCc2ccccc2)cc1. The van der Waals surface area contributed by atoms with Crippen molar-refractivity contribution in [1.82, 2.24) is 0 Å². The Morgan fingerprint density at radius 1 is 1.14 bits per heavy atom. The normalized spacial score (nSPS) is 11.7. The van der Waals surface area contributed by atoms with Gasteiger partial charge >= 0.3 is 17.5 Å². The predicted octanol–water partition coefficient (Wildman–Crippen LogP) is 3.21. The second-order valence-corrected chi connectivity index (χ2v) is 5.05. The van der Waals surface area contributed by atoms with Crippen LogP contribution in [0, 0.1) is 6.92 Å². The zero-order valence-corrected chi connectivity index (χ0v) is 12.7. The fraction of sp³-hybridized carbons (Fsp3) is 0.133. The summed E-state index contributed by atoms with van der Waals surface area (Å²) in [7, 11) is 0. The van der Waals surface area contributed by atoms with Crippen molar-refractivity contribution in [3.63, 3.8) is 0 Å². The number of anilines is 1. The van der Waals surface area contributed by atoms with E-state index < -0.39 is 17.5 Å². The Morgan fingerprint density at radius 2 is 1.77 bits per heavy atom. The topological polar surface area (TPSA) is 76.1 Å². The van der Waals surface area contributed by atoms with Gasteiger partial charge in [-0.1, -0.05) is 48.0 Å². The number of hydrogen-bond donors (Lipinski definition) is 1. The van der Waals surface area contributed by atoms with E-state index in [4.69, 9.17) is 9.29 Å². The quantitative estimate of drug-likeness (QED) is 0.676. The van der Waals surface area contributed by atoms with Gasteiger partial charge in [-0.3, -0.25) is 4.55 Å². The number of ether oxygens (including phenoxy) is 1. The number of benzene rings is 2. The Labute approximate surface area is 130 Å². The summed E-state index contributed by atoms with van der Waals surface area (Å²) in [4.78, 5) is 12.1. The van der Waals surface area contributed by atoms with Crippen LogP contribution < -0.4 is 5.06 Å². The molecule has 0 aromatic heterocycles. The van der Waals surface area contributed by atoms with Gasteiger partial charge in [-0.2, -0.15) is 4.21 Å². The highest BCUT2D eigenvalue weighted by molar-refractivity contribution is 7.74. The number of hydrogen-bond acceptors (Lipinski definition) is 4. The summed E-state index contributed by atoms with van der Waals surface area (Å²) in [6.07, 6.45) is -0.880. The lowest BCUT2D eigenvalue weighted by atomic mass is 10.2. The molecule has 2 rings (SSSR count). The van der Waals surface area contributed by atoms with Crippen molar-refractivity contribution in [2.24, 2.45) is 0 Å². The Hall–Kier alpha value is -2.22. The van der Waals surface area contributed by atoms with Crippen LogP contribution in [0.3, 0.4) is 0 Å². The van der Waals surface area contributed by atoms with Crippen molar-refractivity contribution >= 4 is 23.1 Å². The van der Waals surface area contributed by atoms with Crippen LogP contribution in [0.15, 0.2) is 54.6 Å². The Bertz CT molecular complexity index is 645. The third-order valence-corrected chi connectivity index (χ3v) is 3.05. The van der Waals surface area contributed by atoms with E-state index in [1.807, 2.05) is 25.1 Å². The van der Waals surface area contributed by atoms with Gasteiger partial charge in [0, 0.05) is 0 Å². The molecule has 1 amide bonds. The average molecular weight is 321 g/mol. The van der Waals surface area contributed by atoms with E-state index in [9.17, 15) is 9.00 Å². The van der Waals surface area contributed by atoms with Crippen LogP contribution in [-0.4, -0.2) is 14.9 Å². The summed E-state index contributed by atoms with van der Waals surface area (Å²) < 4.78 is 29.4. The summed E-state index contributed by atoms with van der Waals surface area (Å²) in [6, 6.07) is 15.8. The first-order valence-corrected chi connectivity index (χ1v) is 7.46. The van der Waals surface area contributed by atoms with Crippen LogP contribution in [0.2, 0.25) is 0 Å². The molecule has 0 radical (unpaired) electrons. The third kappa shape index (κ3) is 4.66. The van der Waals surface area contributed by atoms with Gasteiger partial charge in [-0.15, -0.1) is 9.35 Å². The van der Waals surface area contributed by atoms with Crippen molar-refractivity contribution in [1.29, 1.82) is 0 Å². The maximum absolute atomic E-state index is 12.1. The summed E-state index contributed by atoms with van der Waals surface area (Å²) in [5.74, 6) is 0. The number of rotatable bonds is 5. The van der Waals surface area contributed by atoms with Gasteiger partial charge in [0.15, 0.2) is 0 Å². The van der Waals surface area contributed by atoms with Crippen LogP contribution in [0.25, 0.3) is 0 Å². The second-order valence-electron chi connectivity index (χ2n) is 4.46. The van der Waals surface area contributed by atoms with Crippen LogP contribution in [-0.2, 0) is 27.0 Å². The van der Waals surface area contributed by atoms with Crippen molar-refractivity contribution in [3.05, 3.63) is 65.7 Å². The highest BCUT2D eigenvalue weighted by Gasteiger charge is 2.21. The first kappa shape index (κ1) is 16.2. The van der Waals surface area contributed by atoms with Crippen molar-refractivity contribution in [2.75, 3.05) is 5.06 Å². The van der Waals surface area contributed by atoms with E-state index in [-0.39, 0.29) is 6.61 Å². The molecule has 2 aromatic carbocycles. The Morgan fingerprint density at radius 3 is 2.36 bits per heavy atom. The molecule has 0 aliphatic rings. The molecule has 7 heteroatoms. The fourth-order valence-electron chi connectivity index (χ4n) is 1.70. The second kappa shape index (κ2) is 7.69. The minimum Gasteiger partial charge on any atom is -0.443 e.